The first-order valence-corrected chi connectivity index (χ1v) is 21.1. The van der Waals surface area contributed by atoms with Crippen molar-refractivity contribution in [1.82, 2.24) is 19.1 Å². The van der Waals surface area contributed by atoms with Gasteiger partial charge in [-0.05, 0) is 121 Å². The molecule has 4 nitrogen and oxygen atoms in total. The minimum atomic E-state index is 0.888. The molecule has 4 aromatic heterocycles. The molecular formula is C58H36N4. The summed E-state index contributed by atoms with van der Waals surface area (Å²) >= 11 is 0. The second-order valence-electron chi connectivity index (χ2n) is 16.2. The number of aromatic nitrogens is 4. The number of hydrogen-bond donors (Lipinski definition) is 0. The largest absolute Gasteiger partial charge is 0.308 e. The van der Waals surface area contributed by atoms with Gasteiger partial charge in [0, 0.05) is 33.6 Å². The van der Waals surface area contributed by atoms with Gasteiger partial charge < -0.3 is 4.57 Å². The van der Waals surface area contributed by atoms with Crippen molar-refractivity contribution in [3.8, 4) is 45.0 Å². The van der Waals surface area contributed by atoms with Crippen LogP contribution in [-0.2, 0) is 0 Å². The lowest BCUT2D eigenvalue weighted by Crippen LogP contribution is -2.00. The quantitative estimate of drug-likeness (QED) is 0.163. The van der Waals surface area contributed by atoms with E-state index in [-0.39, 0.29) is 0 Å². The molecule has 0 aliphatic carbocycles. The van der Waals surface area contributed by atoms with Crippen LogP contribution in [0.5, 0.6) is 0 Å². The summed E-state index contributed by atoms with van der Waals surface area (Å²) < 4.78 is 4.70. The highest BCUT2D eigenvalue weighted by Gasteiger charge is 2.19. The van der Waals surface area contributed by atoms with Crippen LogP contribution in [0.15, 0.2) is 219 Å². The Hall–Kier alpha value is -8.34. The van der Waals surface area contributed by atoms with Crippen molar-refractivity contribution >= 4 is 76.1 Å². The Morgan fingerprint density at radius 3 is 1.55 bits per heavy atom. The van der Waals surface area contributed by atoms with Crippen LogP contribution < -0.4 is 0 Å². The Morgan fingerprint density at radius 1 is 0.290 bits per heavy atom. The van der Waals surface area contributed by atoms with Gasteiger partial charge in [0.15, 0.2) is 0 Å². The van der Waals surface area contributed by atoms with Crippen molar-refractivity contribution in [2.24, 2.45) is 0 Å². The molecule has 288 valence electrons. The highest BCUT2D eigenvalue weighted by Crippen LogP contribution is 2.41. The summed E-state index contributed by atoms with van der Waals surface area (Å²) in [5.41, 5.74) is 13.2. The minimum absolute atomic E-state index is 0.888. The maximum Gasteiger partial charge on any atom is 0.138 e. The maximum absolute atomic E-state index is 5.34. The number of pyridine rings is 2. The third-order valence-electron chi connectivity index (χ3n) is 12.7. The van der Waals surface area contributed by atoms with Crippen LogP contribution in [0.2, 0.25) is 0 Å². The van der Waals surface area contributed by atoms with E-state index in [2.05, 4.69) is 215 Å². The van der Waals surface area contributed by atoms with Gasteiger partial charge in [0.05, 0.1) is 33.3 Å². The standard InChI is InChI=1S/C58H36N4/c1-3-14-37(15-4-1)41-34-52(38-16-5-2-6-17-38)60-57(35-41)62-53-23-12-11-22-48(53)50-32-39(25-29-54(50)62)40-26-30-55-51(33-40)58-56(24-13-31-59-58)61(55)42-27-28-47-45-20-8-7-18-43(45)44-19-9-10-21-46(44)49(47)36-42/h1-36H. The summed E-state index contributed by atoms with van der Waals surface area (Å²) in [5.74, 6) is 0.888. The lowest BCUT2D eigenvalue weighted by Gasteiger charge is -2.14. The summed E-state index contributed by atoms with van der Waals surface area (Å²) in [4.78, 5) is 10.3. The average Bonchev–Trinajstić information content (AvgIpc) is 3.86. The fourth-order valence-electron chi connectivity index (χ4n) is 9.91. The number of fused-ring (bicyclic) bond motifs is 12. The van der Waals surface area contributed by atoms with Gasteiger partial charge >= 0.3 is 0 Å². The predicted molar refractivity (Wildman–Crippen MR) is 260 cm³/mol. The van der Waals surface area contributed by atoms with Gasteiger partial charge in [0.2, 0.25) is 0 Å². The van der Waals surface area contributed by atoms with Crippen LogP contribution in [0, 0.1) is 0 Å². The van der Waals surface area contributed by atoms with Crippen molar-refractivity contribution in [1.29, 1.82) is 0 Å². The van der Waals surface area contributed by atoms with Crippen molar-refractivity contribution in [2.45, 2.75) is 0 Å². The minimum Gasteiger partial charge on any atom is -0.308 e. The smallest absolute Gasteiger partial charge is 0.138 e. The molecule has 0 aliphatic rings. The molecule has 0 aliphatic heterocycles. The van der Waals surface area contributed by atoms with Crippen LogP contribution in [0.3, 0.4) is 0 Å². The Balaban J connectivity index is 0.979. The summed E-state index contributed by atoms with van der Waals surface area (Å²) in [7, 11) is 0. The third-order valence-corrected chi connectivity index (χ3v) is 12.7. The topological polar surface area (TPSA) is 35.6 Å². The normalized spacial score (nSPS) is 11.9. The Labute approximate surface area is 357 Å². The molecule has 0 bridgehead atoms. The second kappa shape index (κ2) is 13.6. The molecule has 4 heterocycles. The first-order chi connectivity index (χ1) is 30.7. The van der Waals surface area contributed by atoms with E-state index >= 15 is 0 Å². The highest BCUT2D eigenvalue weighted by molar-refractivity contribution is 6.25. The zero-order chi connectivity index (χ0) is 40.7. The molecule has 0 N–H and O–H groups in total. The number of hydrogen-bond acceptors (Lipinski definition) is 2. The Morgan fingerprint density at radius 2 is 0.839 bits per heavy atom. The van der Waals surface area contributed by atoms with E-state index in [1.54, 1.807) is 0 Å². The van der Waals surface area contributed by atoms with Crippen LogP contribution in [0.1, 0.15) is 0 Å². The molecule has 0 fully saturated rings. The van der Waals surface area contributed by atoms with Crippen molar-refractivity contribution in [2.75, 3.05) is 0 Å². The molecule has 13 aromatic rings. The molecule has 13 rings (SSSR count). The molecule has 4 heteroatoms. The van der Waals surface area contributed by atoms with E-state index in [0.29, 0.717) is 0 Å². The van der Waals surface area contributed by atoms with E-state index in [1.807, 2.05) is 12.3 Å². The zero-order valence-corrected chi connectivity index (χ0v) is 33.6. The molecule has 0 atom stereocenters. The Bertz CT molecular complexity index is 3820. The third kappa shape index (κ3) is 5.27. The molecule has 9 aromatic carbocycles. The van der Waals surface area contributed by atoms with Gasteiger partial charge in [0.1, 0.15) is 5.82 Å². The number of rotatable bonds is 5. The molecule has 0 saturated carbocycles. The molecule has 0 spiro atoms. The van der Waals surface area contributed by atoms with Gasteiger partial charge in [-0.1, -0.05) is 146 Å². The van der Waals surface area contributed by atoms with Crippen LogP contribution in [0.4, 0.5) is 0 Å². The zero-order valence-electron chi connectivity index (χ0n) is 33.6. The lowest BCUT2D eigenvalue weighted by molar-refractivity contribution is 1.08. The van der Waals surface area contributed by atoms with E-state index in [9.17, 15) is 0 Å². The highest BCUT2D eigenvalue weighted by atomic mass is 15.1. The molecule has 0 unspecified atom stereocenters. The Kier molecular flexibility index (Phi) is 7.57. The lowest BCUT2D eigenvalue weighted by atomic mass is 9.94. The summed E-state index contributed by atoms with van der Waals surface area (Å²) in [6.07, 6.45) is 1.91. The van der Waals surface area contributed by atoms with Crippen LogP contribution in [0.25, 0.3) is 121 Å². The number of benzene rings is 9. The molecule has 0 saturated heterocycles. The summed E-state index contributed by atoms with van der Waals surface area (Å²) in [5, 5.41) is 11.1. The molecule has 62 heavy (non-hydrogen) atoms. The summed E-state index contributed by atoms with van der Waals surface area (Å²) in [6.45, 7) is 0. The average molecular weight is 789 g/mol. The molecular weight excluding hydrogens is 753 g/mol. The summed E-state index contributed by atoms with van der Waals surface area (Å²) in [6, 6.07) is 76.6. The molecule has 0 amide bonds. The van der Waals surface area contributed by atoms with Crippen molar-refractivity contribution < 1.29 is 0 Å². The van der Waals surface area contributed by atoms with Gasteiger partial charge in [-0.15, -0.1) is 0 Å². The fraction of sp³-hybridized carbons (Fsp3) is 0. The molecule has 0 radical (unpaired) electrons. The number of para-hydroxylation sites is 1. The van der Waals surface area contributed by atoms with E-state index in [0.717, 1.165) is 78.0 Å². The van der Waals surface area contributed by atoms with E-state index < -0.39 is 0 Å². The SMILES string of the molecule is c1ccc(-c2cc(-c3ccccc3)nc(-n3c4ccccc4c4cc(-c5ccc6c(c5)c5ncccc5n6-c5ccc6c7ccccc7c7ccccc7c6c5)ccc43)c2)cc1. The maximum atomic E-state index is 5.34. The fourth-order valence-corrected chi connectivity index (χ4v) is 9.91. The second-order valence-corrected chi connectivity index (χ2v) is 16.2. The van der Waals surface area contributed by atoms with Crippen LogP contribution in [-0.4, -0.2) is 19.1 Å². The first kappa shape index (κ1) is 34.5. The van der Waals surface area contributed by atoms with E-state index in [1.165, 1.54) is 43.1 Å². The van der Waals surface area contributed by atoms with Crippen LogP contribution >= 0.6 is 0 Å². The monoisotopic (exact) mass is 788 g/mol. The van der Waals surface area contributed by atoms with Gasteiger partial charge in [-0.2, -0.15) is 0 Å². The van der Waals surface area contributed by atoms with Gasteiger partial charge in [-0.25, -0.2) is 4.98 Å². The van der Waals surface area contributed by atoms with Gasteiger partial charge in [0.25, 0.3) is 0 Å². The number of nitrogens with zero attached hydrogens (tertiary/aromatic N) is 4. The van der Waals surface area contributed by atoms with Crippen molar-refractivity contribution in [3.63, 3.8) is 0 Å². The predicted octanol–water partition coefficient (Wildman–Crippen LogP) is 15.1. The van der Waals surface area contributed by atoms with Crippen molar-refractivity contribution in [3.05, 3.63) is 219 Å². The first-order valence-electron chi connectivity index (χ1n) is 21.1. The van der Waals surface area contributed by atoms with E-state index in [4.69, 9.17) is 9.97 Å². The van der Waals surface area contributed by atoms with Gasteiger partial charge in [-0.3, -0.25) is 9.55 Å².